The highest BCUT2D eigenvalue weighted by Gasteiger charge is 2.27. The maximum absolute atomic E-state index is 12.8. The molecule has 1 atom stereocenters. The predicted octanol–water partition coefficient (Wildman–Crippen LogP) is 1.68. The van der Waals surface area contributed by atoms with Crippen molar-refractivity contribution in [3.8, 4) is 0 Å². The largest absolute Gasteiger partial charge is 0.341 e. The molecule has 152 valence electrons. The third-order valence-electron chi connectivity index (χ3n) is 5.26. The minimum absolute atomic E-state index is 0.197. The lowest BCUT2D eigenvalue weighted by Gasteiger charge is -2.34. The fourth-order valence-electron chi connectivity index (χ4n) is 3.78. The van der Waals surface area contributed by atoms with Gasteiger partial charge in [-0.1, -0.05) is 6.07 Å². The number of nitrogens with zero attached hydrogens (tertiary/aromatic N) is 6. The van der Waals surface area contributed by atoms with Crippen molar-refractivity contribution >= 4 is 5.91 Å². The highest BCUT2D eigenvalue weighted by Crippen LogP contribution is 2.26. The van der Waals surface area contributed by atoms with Crippen molar-refractivity contribution in [1.29, 1.82) is 0 Å². The molecule has 0 N–H and O–H groups in total. The van der Waals surface area contributed by atoms with Gasteiger partial charge in [0.1, 0.15) is 5.82 Å². The molecular formula is C21H32N6O. The summed E-state index contributed by atoms with van der Waals surface area (Å²) in [4.78, 5) is 27.9. The molecule has 7 nitrogen and oxygen atoms in total. The van der Waals surface area contributed by atoms with Crippen molar-refractivity contribution < 1.29 is 4.79 Å². The van der Waals surface area contributed by atoms with E-state index in [0.717, 1.165) is 57.0 Å². The highest BCUT2D eigenvalue weighted by atomic mass is 16.2. The predicted molar refractivity (Wildman–Crippen MR) is 110 cm³/mol. The van der Waals surface area contributed by atoms with Crippen LogP contribution in [0.15, 0.2) is 36.9 Å². The van der Waals surface area contributed by atoms with Crippen LogP contribution in [0.1, 0.15) is 30.1 Å². The molecule has 1 aliphatic rings. The molecule has 0 aliphatic carbocycles. The zero-order valence-electron chi connectivity index (χ0n) is 17.3. The first-order chi connectivity index (χ1) is 13.5. The van der Waals surface area contributed by atoms with Gasteiger partial charge in [0.2, 0.25) is 5.91 Å². The van der Waals surface area contributed by atoms with E-state index in [-0.39, 0.29) is 5.91 Å². The molecule has 1 unspecified atom stereocenters. The lowest BCUT2D eigenvalue weighted by Crippen LogP contribution is -2.44. The Hall–Kier alpha value is -2.25. The van der Waals surface area contributed by atoms with E-state index in [9.17, 15) is 4.79 Å². The second kappa shape index (κ2) is 9.80. The standard InChI is InChI=1S/C21H32N6O/c1-24(2)12-13-26-11-9-23-21(26)19-7-5-10-27(16-19)20(28)17-25(3)15-18-6-4-8-22-14-18/h4,6,8-9,11,14,19H,5,7,10,12-13,15-17H2,1-3H3. The van der Waals surface area contributed by atoms with E-state index in [0.29, 0.717) is 12.5 Å². The summed E-state index contributed by atoms with van der Waals surface area (Å²) in [6, 6.07) is 3.97. The quantitative estimate of drug-likeness (QED) is 0.693. The fourth-order valence-corrected chi connectivity index (χ4v) is 3.78. The Morgan fingerprint density at radius 3 is 2.89 bits per heavy atom. The SMILES string of the molecule is CN(C)CCn1ccnc1C1CCCN(C(=O)CN(C)Cc2cccnc2)C1. The lowest BCUT2D eigenvalue weighted by atomic mass is 9.97. The average Bonchev–Trinajstić information content (AvgIpc) is 3.16. The van der Waals surface area contributed by atoms with Gasteiger partial charge in [0, 0.05) is 63.4 Å². The molecule has 1 aliphatic heterocycles. The minimum atomic E-state index is 0.197. The van der Waals surface area contributed by atoms with Crippen LogP contribution in [0.3, 0.4) is 0 Å². The van der Waals surface area contributed by atoms with Crippen molar-refractivity contribution in [3.63, 3.8) is 0 Å². The fraction of sp³-hybridized carbons (Fsp3) is 0.571. The van der Waals surface area contributed by atoms with E-state index in [4.69, 9.17) is 0 Å². The molecule has 1 saturated heterocycles. The van der Waals surface area contributed by atoms with Gasteiger partial charge in [0.15, 0.2) is 0 Å². The average molecular weight is 385 g/mol. The Morgan fingerprint density at radius 2 is 2.14 bits per heavy atom. The number of amides is 1. The number of rotatable bonds is 8. The Balaban J connectivity index is 1.56. The summed E-state index contributed by atoms with van der Waals surface area (Å²) in [5.74, 6) is 1.63. The number of pyridine rings is 1. The van der Waals surface area contributed by atoms with Crippen LogP contribution in [0.5, 0.6) is 0 Å². The van der Waals surface area contributed by atoms with Gasteiger partial charge in [-0.25, -0.2) is 4.98 Å². The van der Waals surface area contributed by atoms with Crippen LogP contribution < -0.4 is 0 Å². The van der Waals surface area contributed by atoms with Crippen LogP contribution in [0.2, 0.25) is 0 Å². The van der Waals surface area contributed by atoms with Crippen LogP contribution in [0.4, 0.5) is 0 Å². The zero-order chi connectivity index (χ0) is 19.9. The third-order valence-corrected chi connectivity index (χ3v) is 5.26. The van der Waals surface area contributed by atoms with Crippen molar-refractivity contribution in [2.75, 3.05) is 47.3 Å². The topological polar surface area (TPSA) is 57.5 Å². The van der Waals surface area contributed by atoms with Crippen molar-refractivity contribution in [3.05, 3.63) is 48.3 Å². The van der Waals surface area contributed by atoms with Crippen molar-refractivity contribution in [2.45, 2.75) is 31.8 Å². The normalized spacial score (nSPS) is 17.5. The maximum Gasteiger partial charge on any atom is 0.236 e. The van der Waals surface area contributed by atoms with Crippen LogP contribution in [-0.4, -0.2) is 82.5 Å². The Labute approximate surface area is 168 Å². The second-order valence-corrected chi connectivity index (χ2v) is 7.99. The van der Waals surface area contributed by atoms with E-state index in [1.165, 1.54) is 0 Å². The third kappa shape index (κ3) is 5.62. The van der Waals surface area contributed by atoms with Crippen molar-refractivity contribution in [1.82, 2.24) is 29.2 Å². The van der Waals surface area contributed by atoms with Gasteiger partial charge in [0.25, 0.3) is 0 Å². The van der Waals surface area contributed by atoms with E-state index in [2.05, 4.69) is 44.6 Å². The Morgan fingerprint density at radius 1 is 1.29 bits per heavy atom. The molecule has 2 aromatic heterocycles. The van der Waals surface area contributed by atoms with E-state index in [1.54, 1.807) is 6.20 Å². The van der Waals surface area contributed by atoms with Crippen LogP contribution in [-0.2, 0) is 17.9 Å². The molecule has 28 heavy (non-hydrogen) atoms. The smallest absolute Gasteiger partial charge is 0.236 e. The molecule has 0 spiro atoms. The van der Waals surface area contributed by atoms with Gasteiger partial charge in [-0.3, -0.25) is 14.7 Å². The summed E-state index contributed by atoms with van der Waals surface area (Å²) in [6.07, 6.45) is 9.68. The van der Waals surface area contributed by atoms with Gasteiger partial charge in [-0.15, -0.1) is 0 Å². The van der Waals surface area contributed by atoms with E-state index >= 15 is 0 Å². The van der Waals surface area contributed by atoms with Crippen LogP contribution in [0.25, 0.3) is 0 Å². The van der Waals surface area contributed by atoms with E-state index in [1.807, 2.05) is 36.5 Å². The molecule has 3 rings (SSSR count). The first kappa shape index (κ1) is 20.5. The van der Waals surface area contributed by atoms with Gasteiger partial charge >= 0.3 is 0 Å². The first-order valence-electron chi connectivity index (χ1n) is 10.0. The summed E-state index contributed by atoms with van der Waals surface area (Å²) in [5, 5.41) is 0. The van der Waals surface area contributed by atoms with Crippen molar-refractivity contribution in [2.24, 2.45) is 0 Å². The summed E-state index contributed by atoms with van der Waals surface area (Å²) in [6.45, 7) is 4.67. The summed E-state index contributed by atoms with van der Waals surface area (Å²) in [5.41, 5.74) is 1.12. The Kier molecular flexibility index (Phi) is 7.17. The number of likely N-dealkylation sites (tertiary alicyclic amines) is 1. The van der Waals surface area contributed by atoms with Gasteiger partial charge in [0.05, 0.1) is 6.54 Å². The highest BCUT2D eigenvalue weighted by molar-refractivity contribution is 5.78. The van der Waals surface area contributed by atoms with Crippen LogP contribution >= 0.6 is 0 Å². The summed E-state index contributed by atoms with van der Waals surface area (Å²) >= 11 is 0. The molecule has 2 aromatic rings. The summed E-state index contributed by atoms with van der Waals surface area (Å²) < 4.78 is 2.24. The van der Waals surface area contributed by atoms with E-state index < -0.39 is 0 Å². The number of hydrogen-bond acceptors (Lipinski definition) is 5. The Bertz CT molecular complexity index is 744. The number of imidazole rings is 1. The molecule has 0 saturated carbocycles. The molecule has 7 heteroatoms. The molecule has 0 aromatic carbocycles. The molecule has 1 fully saturated rings. The summed E-state index contributed by atoms with van der Waals surface area (Å²) in [7, 11) is 6.15. The molecular weight excluding hydrogens is 352 g/mol. The second-order valence-electron chi connectivity index (χ2n) is 7.99. The molecule has 1 amide bonds. The van der Waals surface area contributed by atoms with Crippen LogP contribution in [0, 0.1) is 0 Å². The minimum Gasteiger partial charge on any atom is -0.341 e. The number of likely N-dealkylation sites (N-methyl/N-ethyl adjacent to an activating group) is 2. The molecule has 0 radical (unpaired) electrons. The lowest BCUT2D eigenvalue weighted by molar-refractivity contribution is -0.133. The number of aromatic nitrogens is 3. The maximum atomic E-state index is 12.8. The first-order valence-corrected chi connectivity index (χ1v) is 10.0. The monoisotopic (exact) mass is 384 g/mol. The number of piperidine rings is 1. The molecule has 0 bridgehead atoms. The van der Waals surface area contributed by atoms with Gasteiger partial charge in [-0.2, -0.15) is 0 Å². The van der Waals surface area contributed by atoms with Gasteiger partial charge in [-0.05, 0) is 45.6 Å². The van der Waals surface area contributed by atoms with Gasteiger partial charge < -0.3 is 14.4 Å². The number of hydrogen-bond donors (Lipinski definition) is 0. The zero-order valence-corrected chi connectivity index (χ0v) is 17.3. The number of carbonyl (C=O) groups is 1. The molecule has 3 heterocycles. The number of carbonyl (C=O) groups excluding carboxylic acids is 1.